The van der Waals surface area contributed by atoms with Crippen LogP contribution >= 0.6 is 0 Å². The zero-order valence-corrected chi connectivity index (χ0v) is 18.1. The summed E-state index contributed by atoms with van der Waals surface area (Å²) in [6.07, 6.45) is 2.46. The Kier molecular flexibility index (Phi) is 7.89. The second-order valence-corrected chi connectivity index (χ2v) is 8.01. The van der Waals surface area contributed by atoms with Crippen molar-refractivity contribution in [3.8, 4) is 5.75 Å². The van der Waals surface area contributed by atoms with Crippen LogP contribution in [0.2, 0.25) is 0 Å². The fraction of sp³-hybridized carbons (Fsp3) is 0.440. The molecule has 2 aromatic carbocycles. The zero-order chi connectivity index (χ0) is 21.3. The molecule has 2 aromatic rings. The van der Waals surface area contributed by atoms with Crippen LogP contribution in [0.5, 0.6) is 5.75 Å². The van der Waals surface area contributed by atoms with Gasteiger partial charge in [-0.1, -0.05) is 47.5 Å². The van der Waals surface area contributed by atoms with Crippen LogP contribution in [0, 0.1) is 13.8 Å². The van der Waals surface area contributed by atoms with Crippen molar-refractivity contribution in [1.29, 1.82) is 0 Å². The Morgan fingerprint density at radius 3 is 1.83 bits per heavy atom. The molecule has 30 heavy (non-hydrogen) atoms. The summed E-state index contributed by atoms with van der Waals surface area (Å²) in [6, 6.07) is 16.3. The first-order valence-corrected chi connectivity index (χ1v) is 10.8. The van der Waals surface area contributed by atoms with E-state index in [2.05, 4.69) is 31.2 Å². The normalized spacial score (nSPS) is 13.9. The Labute approximate surface area is 179 Å². The predicted octanol–water partition coefficient (Wildman–Crippen LogP) is 3.77. The second-order valence-electron chi connectivity index (χ2n) is 8.01. The molecule has 0 atom stereocenters. The summed E-state index contributed by atoms with van der Waals surface area (Å²) in [4.78, 5) is 28.7. The molecule has 5 nitrogen and oxygen atoms in total. The Balaban J connectivity index is 1.32. The Bertz CT molecular complexity index is 822. The topological polar surface area (TPSA) is 49.9 Å². The molecular formula is C25H32N2O3. The lowest BCUT2D eigenvalue weighted by atomic mass is 10.1. The van der Waals surface area contributed by atoms with Crippen molar-refractivity contribution in [2.45, 2.75) is 39.5 Å². The van der Waals surface area contributed by atoms with Gasteiger partial charge in [0.15, 0.2) is 0 Å². The van der Waals surface area contributed by atoms with Crippen LogP contribution in [0.1, 0.15) is 36.0 Å². The summed E-state index contributed by atoms with van der Waals surface area (Å²) in [5.41, 5.74) is 3.62. The van der Waals surface area contributed by atoms with Gasteiger partial charge in [0.25, 0.3) is 0 Å². The number of hydrogen-bond donors (Lipinski definition) is 0. The molecule has 2 amide bonds. The maximum absolute atomic E-state index is 12.5. The van der Waals surface area contributed by atoms with Gasteiger partial charge in [0.05, 0.1) is 6.61 Å². The lowest BCUT2D eigenvalue weighted by Gasteiger charge is -2.35. The van der Waals surface area contributed by atoms with Crippen molar-refractivity contribution in [1.82, 2.24) is 9.80 Å². The lowest BCUT2D eigenvalue weighted by molar-refractivity contribution is -0.139. The van der Waals surface area contributed by atoms with E-state index in [1.54, 1.807) is 0 Å². The number of hydrogen-bond acceptors (Lipinski definition) is 3. The summed E-state index contributed by atoms with van der Waals surface area (Å²) in [7, 11) is 0. The molecular weight excluding hydrogens is 376 g/mol. The van der Waals surface area contributed by atoms with Gasteiger partial charge >= 0.3 is 0 Å². The van der Waals surface area contributed by atoms with E-state index in [9.17, 15) is 9.59 Å². The number of ether oxygens (including phenoxy) is 1. The van der Waals surface area contributed by atoms with Crippen molar-refractivity contribution in [3.05, 3.63) is 65.2 Å². The van der Waals surface area contributed by atoms with Gasteiger partial charge in [-0.25, -0.2) is 0 Å². The van der Waals surface area contributed by atoms with E-state index in [0.29, 0.717) is 52.0 Å². The minimum atomic E-state index is 0.147. The summed E-state index contributed by atoms with van der Waals surface area (Å²) in [5, 5.41) is 0. The van der Waals surface area contributed by atoms with Crippen molar-refractivity contribution in [2.75, 3.05) is 32.8 Å². The number of rotatable bonds is 8. The molecule has 0 radical (unpaired) electrons. The fourth-order valence-electron chi connectivity index (χ4n) is 3.58. The molecule has 0 unspecified atom stereocenters. The van der Waals surface area contributed by atoms with Gasteiger partial charge in [0.2, 0.25) is 11.8 Å². The number of aryl methyl sites for hydroxylation is 3. The van der Waals surface area contributed by atoms with Crippen LogP contribution in [-0.4, -0.2) is 54.4 Å². The molecule has 1 saturated heterocycles. The average Bonchev–Trinajstić information content (AvgIpc) is 2.77. The van der Waals surface area contributed by atoms with Crippen molar-refractivity contribution in [3.63, 3.8) is 0 Å². The molecule has 1 fully saturated rings. The zero-order valence-electron chi connectivity index (χ0n) is 18.1. The van der Waals surface area contributed by atoms with E-state index in [1.165, 1.54) is 16.7 Å². The lowest BCUT2D eigenvalue weighted by Crippen LogP contribution is -2.50. The van der Waals surface area contributed by atoms with Gasteiger partial charge in [-0.2, -0.15) is 0 Å². The number of carbonyl (C=O) groups is 2. The number of carbonyl (C=O) groups excluding carboxylic acids is 2. The van der Waals surface area contributed by atoms with E-state index in [-0.39, 0.29) is 11.8 Å². The summed E-state index contributed by atoms with van der Waals surface area (Å²) in [6.45, 7) is 7.12. The maximum atomic E-state index is 12.5. The molecule has 0 saturated carbocycles. The molecule has 1 aliphatic heterocycles. The minimum Gasteiger partial charge on any atom is -0.494 e. The highest BCUT2D eigenvalue weighted by Gasteiger charge is 2.23. The summed E-state index contributed by atoms with van der Waals surface area (Å²) in [5.74, 6) is 1.16. The first-order chi connectivity index (χ1) is 14.5. The molecule has 160 valence electrons. The third kappa shape index (κ3) is 6.61. The Morgan fingerprint density at radius 2 is 1.27 bits per heavy atom. The summed E-state index contributed by atoms with van der Waals surface area (Å²) >= 11 is 0. The molecule has 5 heteroatoms. The van der Waals surface area contributed by atoms with Gasteiger partial charge in [0.1, 0.15) is 5.75 Å². The van der Waals surface area contributed by atoms with Crippen LogP contribution in [0.3, 0.4) is 0 Å². The molecule has 1 heterocycles. The van der Waals surface area contributed by atoms with Crippen molar-refractivity contribution >= 4 is 11.8 Å². The molecule has 1 aliphatic rings. The predicted molar refractivity (Wildman–Crippen MR) is 119 cm³/mol. The molecule has 0 aromatic heterocycles. The average molecular weight is 409 g/mol. The van der Waals surface area contributed by atoms with E-state index < -0.39 is 0 Å². The van der Waals surface area contributed by atoms with E-state index in [1.807, 2.05) is 41.0 Å². The highest BCUT2D eigenvalue weighted by molar-refractivity contribution is 5.78. The van der Waals surface area contributed by atoms with E-state index >= 15 is 0 Å². The maximum Gasteiger partial charge on any atom is 0.223 e. The van der Waals surface area contributed by atoms with Crippen molar-refractivity contribution < 1.29 is 14.3 Å². The van der Waals surface area contributed by atoms with Crippen LogP contribution in [0.25, 0.3) is 0 Å². The third-order valence-electron chi connectivity index (χ3n) is 5.56. The van der Waals surface area contributed by atoms with E-state index in [0.717, 1.165) is 12.2 Å². The van der Waals surface area contributed by atoms with Crippen molar-refractivity contribution in [2.24, 2.45) is 0 Å². The first-order valence-electron chi connectivity index (χ1n) is 10.8. The molecule has 0 N–H and O–H groups in total. The quantitative estimate of drug-likeness (QED) is 0.625. The van der Waals surface area contributed by atoms with Gasteiger partial charge in [-0.3, -0.25) is 9.59 Å². The minimum absolute atomic E-state index is 0.147. The van der Waals surface area contributed by atoms with Crippen LogP contribution in [0.15, 0.2) is 48.5 Å². The highest BCUT2D eigenvalue weighted by atomic mass is 16.5. The van der Waals surface area contributed by atoms with Gasteiger partial charge < -0.3 is 14.5 Å². The number of nitrogens with zero attached hydrogens (tertiary/aromatic N) is 2. The first kappa shape index (κ1) is 21.9. The Morgan fingerprint density at radius 1 is 0.767 bits per heavy atom. The number of benzene rings is 2. The van der Waals surface area contributed by atoms with E-state index in [4.69, 9.17) is 4.74 Å². The highest BCUT2D eigenvalue weighted by Crippen LogP contribution is 2.13. The number of piperazine rings is 1. The second kappa shape index (κ2) is 10.8. The molecule has 0 spiro atoms. The third-order valence-corrected chi connectivity index (χ3v) is 5.56. The number of amides is 2. The van der Waals surface area contributed by atoms with Crippen LogP contribution < -0.4 is 4.74 Å². The SMILES string of the molecule is Cc1ccc(CCC(=O)N2CCN(C(=O)CCCOc3ccc(C)cc3)CC2)cc1. The van der Waals surface area contributed by atoms with Gasteiger partial charge in [-0.05, 0) is 44.4 Å². The van der Waals surface area contributed by atoms with Gasteiger partial charge in [-0.15, -0.1) is 0 Å². The van der Waals surface area contributed by atoms with Crippen LogP contribution in [0.4, 0.5) is 0 Å². The summed E-state index contributed by atoms with van der Waals surface area (Å²) < 4.78 is 5.69. The molecule has 0 bridgehead atoms. The van der Waals surface area contributed by atoms with Crippen LogP contribution in [-0.2, 0) is 16.0 Å². The fourth-order valence-corrected chi connectivity index (χ4v) is 3.58. The Hall–Kier alpha value is -2.82. The smallest absolute Gasteiger partial charge is 0.223 e. The van der Waals surface area contributed by atoms with Gasteiger partial charge in [0, 0.05) is 39.0 Å². The monoisotopic (exact) mass is 408 g/mol. The standard InChI is InChI=1S/C25H32N2O3/c1-20-5-9-22(10-6-20)11-14-25(29)27-17-15-26(16-18-27)24(28)4-3-19-30-23-12-7-21(2)8-13-23/h5-10,12-13H,3-4,11,14-19H2,1-2H3. The largest absolute Gasteiger partial charge is 0.494 e. The molecule has 0 aliphatic carbocycles. The molecule has 3 rings (SSSR count).